The second-order valence-corrected chi connectivity index (χ2v) is 8.13. The lowest BCUT2D eigenvalue weighted by atomic mass is 9.89. The van der Waals surface area contributed by atoms with Crippen molar-refractivity contribution in [2.24, 2.45) is 5.92 Å². The first-order valence-corrected chi connectivity index (χ1v) is 10.1. The molecule has 3 aliphatic rings. The number of hydrogen-bond acceptors (Lipinski definition) is 8. The topological polar surface area (TPSA) is 95.4 Å². The van der Waals surface area contributed by atoms with E-state index in [2.05, 4.69) is 25.7 Å². The standard InChI is InChI=1S/C19H23F3N6O3/c1-9-15-17(28(27-9)11-3-12(4-11)29-2)26-18-23-5-13(19(20,21)22)16(25-18)24-14-8-30-6-10(14)7-31-15/h5,10-12,14H,3-4,6-8H2,1-2H3,(H2,23,24,25,26). The van der Waals surface area contributed by atoms with Crippen molar-refractivity contribution >= 4 is 17.6 Å². The van der Waals surface area contributed by atoms with Gasteiger partial charge in [0.15, 0.2) is 11.6 Å². The molecule has 0 spiro atoms. The van der Waals surface area contributed by atoms with E-state index in [0.717, 1.165) is 19.0 Å². The maximum Gasteiger partial charge on any atom is 0.421 e. The fourth-order valence-corrected chi connectivity index (χ4v) is 4.17. The van der Waals surface area contributed by atoms with E-state index in [4.69, 9.17) is 14.2 Å². The number of nitrogens with one attached hydrogen (secondary N) is 2. The summed E-state index contributed by atoms with van der Waals surface area (Å²) in [5.74, 6) is 0.676. The second kappa shape index (κ2) is 7.52. The van der Waals surface area contributed by atoms with Gasteiger partial charge in [-0.15, -0.1) is 0 Å². The van der Waals surface area contributed by atoms with Crippen molar-refractivity contribution < 1.29 is 27.4 Å². The predicted octanol–water partition coefficient (Wildman–Crippen LogP) is 2.91. The van der Waals surface area contributed by atoms with Gasteiger partial charge in [-0.05, 0) is 19.8 Å². The average Bonchev–Trinajstić information content (AvgIpc) is 3.22. The highest BCUT2D eigenvalue weighted by Crippen LogP contribution is 2.42. The Balaban J connectivity index is 1.57. The third-order valence-corrected chi connectivity index (χ3v) is 6.07. The van der Waals surface area contributed by atoms with E-state index < -0.39 is 11.7 Å². The number of rotatable bonds is 2. The molecule has 0 aromatic carbocycles. The number of alkyl halides is 3. The molecule has 0 radical (unpaired) electrons. The van der Waals surface area contributed by atoms with Crippen LogP contribution in [0.15, 0.2) is 6.20 Å². The maximum absolute atomic E-state index is 13.5. The number of nitrogens with zero attached hydrogens (tertiary/aromatic N) is 4. The lowest BCUT2D eigenvalue weighted by Crippen LogP contribution is -2.33. The third-order valence-electron chi connectivity index (χ3n) is 6.07. The minimum Gasteiger partial charge on any atom is -0.487 e. The molecular formula is C19H23F3N6O3. The molecule has 168 valence electrons. The zero-order chi connectivity index (χ0) is 21.8. The molecule has 5 rings (SSSR count). The molecule has 31 heavy (non-hydrogen) atoms. The third kappa shape index (κ3) is 3.67. The van der Waals surface area contributed by atoms with E-state index in [9.17, 15) is 13.2 Å². The van der Waals surface area contributed by atoms with Crippen LogP contribution >= 0.6 is 0 Å². The normalized spacial score (nSPS) is 27.6. The molecule has 2 unspecified atom stereocenters. The van der Waals surface area contributed by atoms with Crippen LogP contribution in [0, 0.1) is 12.8 Å². The Kier molecular flexibility index (Phi) is 4.93. The molecule has 12 heteroatoms. The SMILES string of the molecule is COC1CC(n2nc(C)c3c2Nc2ncc(C(F)(F)F)c(n2)NC2COCC2CO3)C1. The van der Waals surface area contributed by atoms with Crippen molar-refractivity contribution in [2.75, 3.05) is 37.6 Å². The molecule has 2 aromatic rings. The summed E-state index contributed by atoms with van der Waals surface area (Å²) in [4.78, 5) is 8.07. The summed E-state index contributed by atoms with van der Waals surface area (Å²) < 4.78 is 59.4. The van der Waals surface area contributed by atoms with Gasteiger partial charge in [0.05, 0.1) is 38.0 Å². The summed E-state index contributed by atoms with van der Waals surface area (Å²) >= 11 is 0. The molecule has 1 saturated carbocycles. The highest BCUT2D eigenvalue weighted by molar-refractivity contribution is 5.62. The Morgan fingerprint density at radius 3 is 2.77 bits per heavy atom. The number of aromatic nitrogens is 4. The smallest absolute Gasteiger partial charge is 0.421 e. The molecule has 2 fully saturated rings. The Morgan fingerprint density at radius 2 is 2.03 bits per heavy atom. The van der Waals surface area contributed by atoms with Gasteiger partial charge in [-0.3, -0.25) is 0 Å². The minimum atomic E-state index is -4.59. The van der Waals surface area contributed by atoms with E-state index in [-0.39, 0.29) is 49.1 Å². The minimum absolute atomic E-state index is 0.0291. The largest absolute Gasteiger partial charge is 0.487 e. The molecule has 2 aliphatic heterocycles. The van der Waals surface area contributed by atoms with Gasteiger partial charge < -0.3 is 24.8 Å². The Morgan fingerprint density at radius 1 is 1.23 bits per heavy atom. The lowest BCUT2D eigenvalue weighted by molar-refractivity contribution is -0.137. The fourth-order valence-electron chi connectivity index (χ4n) is 4.17. The highest BCUT2D eigenvalue weighted by atomic mass is 19.4. The van der Waals surface area contributed by atoms with Crippen molar-refractivity contribution in [2.45, 2.75) is 44.1 Å². The van der Waals surface area contributed by atoms with E-state index in [1.807, 2.05) is 6.92 Å². The second-order valence-electron chi connectivity index (χ2n) is 8.13. The van der Waals surface area contributed by atoms with E-state index in [0.29, 0.717) is 23.9 Å². The first-order valence-electron chi connectivity index (χ1n) is 10.1. The van der Waals surface area contributed by atoms with Gasteiger partial charge in [0.1, 0.15) is 17.1 Å². The first kappa shape index (κ1) is 20.3. The van der Waals surface area contributed by atoms with Gasteiger partial charge in [-0.2, -0.15) is 23.3 Å². The molecule has 2 atom stereocenters. The van der Waals surface area contributed by atoms with Crippen LogP contribution < -0.4 is 15.4 Å². The molecular weight excluding hydrogens is 417 g/mol. The Hall–Kier alpha value is -2.60. The maximum atomic E-state index is 13.5. The number of anilines is 3. The van der Waals surface area contributed by atoms with Crippen LogP contribution in [0.3, 0.4) is 0 Å². The summed E-state index contributed by atoms with van der Waals surface area (Å²) in [6.07, 6.45) is -2.07. The number of methoxy groups -OCH3 is 1. The molecule has 1 aliphatic carbocycles. The number of fused-ring (bicyclic) bond motifs is 4. The highest BCUT2D eigenvalue weighted by Gasteiger charge is 2.39. The van der Waals surface area contributed by atoms with E-state index in [1.54, 1.807) is 11.8 Å². The van der Waals surface area contributed by atoms with Gasteiger partial charge in [0.25, 0.3) is 0 Å². The van der Waals surface area contributed by atoms with E-state index >= 15 is 0 Å². The van der Waals surface area contributed by atoms with Gasteiger partial charge in [-0.1, -0.05) is 0 Å². The molecule has 2 aromatic heterocycles. The monoisotopic (exact) mass is 440 g/mol. The molecule has 0 amide bonds. The summed E-state index contributed by atoms with van der Waals surface area (Å²) in [6.45, 7) is 2.76. The summed E-state index contributed by atoms with van der Waals surface area (Å²) in [5.41, 5.74) is -0.242. The van der Waals surface area contributed by atoms with E-state index in [1.165, 1.54) is 0 Å². The lowest BCUT2D eigenvalue weighted by Gasteiger charge is -2.35. The van der Waals surface area contributed by atoms with Gasteiger partial charge in [0, 0.05) is 19.2 Å². The van der Waals surface area contributed by atoms with Crippen LogP contribution in [0.4, 0.5) is 30.8 Å². The van der Waals surface area contributed by atoms with Crippen LogP contribution in [0.1, 0.15) is 30.1 Å². The summed E-state index contributed by atoms with van der Waals surface area (Å²) in [7, 11) is 1.67. The fraction of sp³-hybridized carbons (Fsp3) is 0.632. The number of aryl methyl sites for hydroxylation is 1. The van der Waals surface area contributed by atoms with Crippen LogP contribution in [0.5, 0.6) is 5.75 Å². The van der Waals surface area contributed by atoms with Crippen LogP contribution in [-0.4, -0.2) is 58.8 Å². The zero-order valence-electron chi connectivity index (χ0n) is 17.1. The van der Waals surface area contributed by atoms with Crippen molar-refractivity contribution in [1.29, 1.82) is 0 Å². The molecule has 2 bridgehead atoms. The van der Waals surface area contributed by atoms with Gasteiger partial charge >= 0.3 is 6.18 Å². The van der Waals surface area contributed by atoms with Crippen LogP contribution in [-0.2, 0) is 15.7 Å². The zero-order valence-corrected chi connectivity index (χ0v) is 17.1. The molecule has 4 heterocycles. The van der Waals surface area contributed by atoms with Crippen molar-refractivity contribution in [3.8, 4) is 5.75 Å². The Bertz CT molecular complexity index is 976. The predicted molar refractivity (Wildman–Crippen MR) is 104 cm³/mol. The van der Waals surface area contributed by atoms with Crippen molar-refractivity contribution in [3.05, 3.63) is 17.5 Å². The van der Waals surface area contributed by atoms with Crippen molar-refractivity contribution in [3.63, 3.8) is 0 Å². The molecule has 1 saturated heterocycles. The number of halogens is 3. The molecule has 2 N–H and O–H groups in total. The number of ether oxygens (including phenoxy) is 3. The summed E-state index contributed by atoms with van der Waals surface area (Å²) in [5, 5.41) is 10.6. The van der Waals surface area contributed by atoms with Crippen LogP contribution in [0.2, 0.25) is 0 Å². The summed E-state index contributed by atoms with van der Waals surface area (Å²) in [6, 6.07) is -0.280. The Labute approximate surface area is 176 Å². The van der Waals surface area contributed by atoms with Gasteiger partial charge in [-0.25, -0.2) is 9.67 Å². The van der Waals surface area contributed by atoms with Crippen LogP contribution in [0.25, 0.3) is 0 Å². The average molecular weight is 440 g/mol. The quantitative estimate of drug-likeness (QED) is 0.736. The molecule has 9 nitrogen and oxygen atoms in total. The number of hydrogen-bond donors (Lipinski definition) is 2. The van der Waals surface area contributed by atoms with Crippen molar-refractivity contribution in [1.82, 2.24) is 19.7 Å². The van der Waals surface area contributed by atoms with Gasteiger partial charge in [0.2, 0.25) is 5.95 Å². The first-order chi connectivity index (χ1) is 14.8.